The number of likely N-dealkylation sites (N-methyl/N-ethyl adjacent to an activating group) is 1. The zero-order valence-corrected chi connectivity index (χ0v) is 16.4. The molecule has 0 saturated carbocycles. The number of rotatable bonds is 9. The minimum atomic E-state index is -0.553. The van der Waals surface area contributed by atoms with Crippen LogP contribution in [-0.2, 0) is 4.79 Å². The average molecular weight is 411 g/mol. The fraction of sp³-hybridized carbons (Fsp3) is 0.238. The van der Waals surface area contributed by atoms with Gasteiger partial charge in [0.15, 0.2) is 12.4 Å². The van der Waals surface area contributed by atoms with Gasteiger partial charge in [0, 0.05) is 37.7 Å². The number of para-hydroxylation sites is 3. The van der Waals surface area contributed by atoms with Gasteiger partial charge in [0.05, 0.1) is 10.6 Å². The molecular weight excluding hydrogens is 390 g/mol. The summed E-state index contributed by atoms with van der Waals surface area (Å²) in [5.74, 6) is -0.236. The van der Waals surface area contributed by atoms with E-state index in [0.29, 0.717) is 30.8 Å². The number of nitrogens with one attached hydrogen (secondary N) is 1. The number of fused-ring (bicyclic) bond motifs is 1. The summed E-state index contributed by atoms with van der Waals surface area (Å²) in [6, 6.07) is 14.6. The summed E-state index contributed by atoms with van der Waals surface area (Å²) in [6.45, 7) is 0.695. The van der Waals surface area contributed by atoms with Crippen LogP contribution >= 0.6 is 0 Å². The lowest BCUT2D eigenvalue weighted by Crippen LogP contribution is -2.33. The van der Waals surface area contributed by atoms with Crippen LogP contribution in [-0.4, -0.2) is 42.5 Å². The fourth-order valence-electron chi connectivity index (χ4n) is 2.90. The average Bonchev–Trinajstić information content (AvgIpc) is 2.74. The lowest BCUT2D eigenvalue weighted by Gasteiger charge is -2.18. The number of carbonyl (C=O) groups excluding carboxylic acids is 1. The van der Waals surface area contributed by atoms with Crippen molar-refractivity contribution >= 4 is 28.3 Å². The van der Waals surface area contributed by atoms with Crippen molar-refractivity contribution < 1.29 is 18.9 Å². The Morgan fingerprint density at radius 2 is 1.93 bits per heavy atom. The Morgan fingerprint density at radius 3 is 2.73 bits per heavy atom. The first kappa shape index (κ1) is 20.8. The number of nitro benzene ring substituents is 1. The predicted molar refractivity (Wildman–Crippen MR) is 112 cm³/mol. The van der Waals surface area contributed by atoms with Crippen molar-refractivity contribution in [2.75, 3.05) is 32.1 Å². The maximum Gasteiger partial charge on any atom is 0.338 e. The first-order valence-corrected chi connectivity index (χ1v) is 9.32. The Kier molecular flexibility index (Phi) is 6.63. The van der Waals surface area contributed by atoms with Crippen molar-refractivity contribution in [3.05, 3.63) is 75.1 Å². The number of nitro groups is 1. The summed E-state index contributed by atoms with van der Waals surface area (Å²) in [5.41, 5.74) is 0.565. The van der Waals surface area contributed by atoms with Gasteiger partial charge in [0.1, 0.15) is 5.58 Å². The summed E-state index contributed by atoms with van der Waals surface area (Å²) < 4.78 is 10.5. The van der Waals surface area contributed by atoms with Crippen molar-refractivity contribution in [1.82, 2.24) is 4.90 Å². The topological polar surface area (TPSA) is 115 Å². The molecule has 156 valence electrons. The van der Waals surface area contributed by atoms with E-state index in [1.807, 2.05) is 12.1 Å². The van der Waals surface area contributed by atoms with E-state index < -0.39 is 10.5 Å². The zero-order valence-electron chi connectivity index (χ0n) is 16.4. The van der Waals surface area contributed by atoms with Gasteiger partial charge in [-0.15, -0.1) is 0 Å². The molecule has 0 aliphatic heterocycles. The van der Waals surface area contributed by atoms with Gasteiger partial charge in [-0.05, 0) is 24.6 Å². The highest BCUT2D eigenvalue weighted by atomic mass is 16.6. The molecule has 0 aliphatic rings. The van der Waals surface area contributed by atoms with E-state index in [0.717, 1.165) is 5.39 Å². The molecule has 0 bridgehead atoms. The third-order valence-electron chi connectivity index (χ3n) is 4.47. The molecule has 3 rings (SSSR count). The smallest absolute Gasteiger partial charge is 0.338 e. The molecule has 9 heteroatoms. The van der Waals surface area contributed by atoms with Crippen LogP contribution in [0.5, 0.6) is 5.75 Å². The van der Waals surface area contributed by atoms with Crippen LogP contribution in [0.1, 0.15) is 6.42 Å². The van der Waals surface area contributed by atoms with Crippen LogP contribution in [0.25, 0.3) is 11.0 Å². The quantitative estimate of drug-likeness (QED) is 0.249. The highest BCUT2D eigenvalue weighted by Gasteiger charge is 2.16. The van der Waals surface area contributed by atoms with Crippen LogP contribution in [0.15, 0.2) is 63.8 Å². The molecule has 2 aromatic carbocycles. The molecule has 0 saturated heterocycles. The SMILES string of the molecule is CN(CCCNc1cc(=O)oc2ccccc12)C(=O)COc1ccccc1[N+](=O)[O-]. The van der Waals surface area contributed by atoms with Gasteiger partial charge < -0.3 is 19.4 Å². The Balaban J connectivity index is 1.48. The Bertz CT molecular complexity index is 1110. The number of carbonyl (C=O) groups is 1. The third kappa shape index (κ3) is 5.13. The van der Waals surface area contributed by atoms with Gasteiger partial charge in [0.25, 0.3) is 5.91 Å². The van der Waals surface area contributed by atoms with E-state index in [-0.39, 0.29) is 24.0 Å². The van der Waals surface area contributed by atoms with Crippen molar-refractivity contribution in [3.8, 4) is 5.75 Å². The molecular formula is C21H21N3O6. The maximum atomic E-state index is 12.2. The standard InChI is InChI=1S/C21H21N3O6/c1-23(20(25)14-29-19-10-5-3-8-17(19)24(27)28)12-6-11-22-16-13-21(26)30-18-9-4-2-7-15(16)18/h2-5,7-10,13,22H,6,11-12,14H2,1H3. The molecule has 0 spiro atoms. The van der Waals surface area contributed by atoms with Crippen molar-refractivity contribution in [2.24, 2.45) is 0 Å². The minimum Gasteiger partial charge on any atom is -0.477 e. The van der Waals surface area contributed by atoms with Gasteiger partial charge in [-0.1, -0.05) is 24.3 Å². The Hall–Kier alpha value is -3.88. The van der Waals surface area contributed by atoms with Crippen LogP contribution < -0.4 is 15.7 Å². The molecule has 9 nitrogen and oxygen atoms in total. The molecule has 3 aromatic rings. The van der Waals surface area contributed by atoms with E-state index in [2.05, 4.69) is 5.32 Å². The second-order valence-corrected chi connectivity index (χ2v) is 6.58. The largest absolute Gasteiger partial charge is 0.477 e. The monoisotopic (exact) mass is 411 g/mol. The van der Waals surface area contributed by atoms with E-state index in [1.54, 1.807) is 25.2 Å². The lowest BCUT2D eigenvalue weighted by molar-refractivity contribution is -0.385. The van der Waals surface area contributed by atoms with Crippen molar-refractivity contribution in [1.29, 1.82) is 0 Å². The van der Waals surface area contributed by atoms with E-state index in [1.165, 1.54) is 29.2 Å². The van der Waals surface area contributed by atoms with Gasteiger partial charge >= 0.3 is 11.3 Å². The molecule has 30 heavy (non-hydrogen) atoms. The predicted octanol–water partition coefficient (Wildman–Crippen LogP) is 3.04. The van der Waals surface area contributed by atoms with Crippen LogP contribution in [0.3, 0.4) is 0 Å². The Morgan fingerprint density at radius 1 is 1.20 bits per heavy atom. The summed E-state index contributed by atoms with van der Waals surface area (Å²) in [6.07, 6.45) is 0.627. The molecule has 0 atom stereocenters. The highest BCUT2D eigenvalue weighted by Crippen LogP contribution is 2.25. The maximum absolute atomic E-state index is 12.2. The first-order chi connectivity index (χ1) is 14.5. The number of nitrogens with zero attached hydrogens (tertiary/aromatic N) is 2. The van der Waals surface area contributed by atoms with Crippen LogP contribution in [0, 0.1) is 10.1 Å². The minimum absolute atomic E-state index is 0.0562. The van der Waals surface area contributed by atoms with Gasteiger partial charge in [-0.25, -0.2) is 4.79 Å². The second-order valence-electron chi connectivity index (χ2n) is 6.58. The fourth-order valence-corrected chi connectivity index (χ4v) is 2.90. The highest BCUT2D eigenvalue weighted by molar-refractivity contribution is 5.89. The molecule has 1 aromatic heterocycles. The summed E-state index contributed by atoms with van der Waals surface area (Å²) >= 11 is 0. The van der Waals surface area contributed by atoms with Crippen LogP contribution in [0.2, 0.25) is 0 Å². The number of amides is 1. The van der Waals surface area contributed by atoms with Gasteiger partial charge in [-0.2, -0.15) is 0 Å². The molecule has 1 amide bonds. The third-order valence-corrected chi connectivity index (χ3v) is 4.47. The number of hydrogen-bond donors (Lipinski definition) is 1. The molecule has 0 unspecified atom stereocenters. The first-order valence-electron chi connectivity index (χ1n) is 9.32. The van der Waals surface area contributed by atoms with Crippen molar-refractivity contribution in [3.63, 3.8) is 0 Å². The second kappa shape index (κ2) is 9.55. The zero-order chi connectivity index (χ0) is 21.5. The molecule has 1 heterocycles. The summed E-state index contributed by atoms with van der Waals surface area (Å²) in [5, 5.41) is 15.0. The van der Waals surface area contributed by atoms with E-state index in [4.69, 9.17) is 9.15 Å². The Labute approximate surface area is 172 Å². The van der Waals surface area contributed by atoms with Crippen LogP contribution in [0.4, 0.5) is 11.4 Å². The molecule has 0 fully saturated rings. The van der Waals surface area contributed by atoms with E-state index in [9.17, 15) is 19.7 Å². The number of hydrogen-bond acceptors (Lipinski definition) is 7. The summed E-state index contributed by atoms with van der Waals surface area (Å²) in [7, 11) is 1.64. The molecule has 0 aliphatic carbocycles. The number of ether oxygens (including phenoxy) is 1. The molecule has 0 radical (unpaired) electrons. The van der Waals surface area contributed by atoms with Gasteiger partial charge in [-0.3, -0.25) is 14.9 Å². The van der Waals surface area contributed by atoms with Crippen molar-refractivity contribution in [2.45, 2.75) is 6.42 Å². The summed E-state index contributed by atoms with van der Waals surface area (Å²) in [4.78, 5) is 35.8. The normalized spacial score (nSPS) is 10.6. The number of benzene rings is 2. The lowest BCUT2D eigenvalue weighted by atomic mass is 10.2. The molecule has 1 N–H and O–H groups in total. The van der Waals surface area contributed by atoms with E-state index >= 15 is 0 Å². The number of anilines is 1. The van der Waals surface area contributed by atoms with Gasteiger partial charge in [0.2, 0.25) is 0 Å².